The zero-order chi connectivity index (χ0) is 34.8. The van der Waals surface area contributed by atoms with E-state index in [1.165, 1.54) is 12.1 Å². The van der Waals surface area contributed by atoms with Gasteiger partial charge >= 0.3 is 287 Å². The van der Waals surface area contributed by atoms with Crippen molar-refractivity contribution in [1.82, 2.24) is 0 Å². The molecule has 248 valence electrons. The van der Waals surface area contributed by atoms with Gasteiger partial charge in [0.15, 0.2) is 0 Å². The average molecular weight is 823 g/mol. The third-order valence-electron chi connectivity index (χ3n) is 9.38. The number of hydrogen-bond donors (Lipinski definition) is 0. The molecular formula is C41H38F6Hf. The fraction of sp³-hybridized carbons (Fsp3) is 0.293. The molecule has 0 heterocycles. The number of rotatable bonds is 4. The normalized spacial score (nSPS) is 15.0. The zero-order valence-corrected chi connectivity index (χ0v) is 31.5. The van der Waals surface area contributed by atoms with E-state index in [9.17, 15) is 26.3 Å². The average Bonchev–Trinajstić information content (AvgIpc) is 3.64. The van der Waals surface area contributed by atoms with Crippen molar-refractivity contribution in [2.45, 2.75) is 74.8 Å². The summed E-state index contributed by atoms with van der Waals surface area (Å²) < 4.78 is 86.9. The second-order valence-electron chi connectivity index (χ2n) is 14.8. The summed E-state index contributed by atoms with van der Waals surface area (Å²) in [7, 11) is 0. The number of alkyl halides is 6. The Morgan fingerprint density at radius 3 is 1.42 bits per heavy atom. The van der Waals surface area contributed by atoms with Crippen molar-refractivity contribution < 1.29 is 47.3 Å². The predicted octanol–water partition coefficient (Wildman–Crippen LogP) is 12.1. The van der Waals surface area contributed by atoms with Gasteiger partial charge in [0, 0.05) is 0 Å². The number of hydrogen-bond acceptors (Lipinski definition) is 0. The Hall–Kier alpha value is -3.32. The van der Waals surface area contributed by atoms with Gasteiger partial charge in [-0.05, 0) is 0 Å². The molecule has 0 aliphatic heterocycles. The molecule has 0 N–H and O–H groups in total. The summed E-state index contributed by atoms with van der Waals surface area (Å²) in [6, 6.07) is 23.5. The number of fused-ring (bicyclic) bond motifs is 3. The fourth-order valence-electron chi connectivity index (χ4n) is 6.82. The Bertz CT molecular complexity index is 1870. The van der Waals surface area contributed by atoms with Gasteiger partial charge in [-0.2, -0.15) is 0 Å². The first-order valence-electron chi connectivity index (χ1n) is 16.1. The third kappa shape index (κ3) is 6.64. The van der Waals surface area contributed by atoms with E-state index >= 15 is 0 Å². The summed E-state index contributed by atoms with van der Waals surface area (Å²) in [5, 5.41) is 0. The van der Waals surface area contributed by atoms with Gasteiger partial charge in [0.1, 0.15) is 0 Å². The monoisotopic (exact) mass is 824 g/mol. The van der Waals surface area contributed by atoms with Crippen LogP contribution >= 0.6 is 0 Å². The SMILES string of the molecule is CC(C)(C)c1ccc2c(c1)[CH]([Hf]([C]1=CC=CC1)=[C](c1cccc(C(F)(F)F)c1)c1cccc(C(F)(F)F)c1)c1cc(C(C)(C)C)ccc1-2. The first-order valence-corrected chi connectivity index (χ1v) is 21.8. The fourth-order valence-corrected chi connectivity index (χ4v) is 19.9. The van der Waals surface area contributed by atoms with E-state index in [0.717, 1.165) is 61.0 Å². The summed E-state index contributed by atoms with van der Waals surface area (Å²) in [5.74, 6) is 0. The maximum absolute atomic E-state index is 14.2. The van der Waals surface area contributed by atoms with Gasteiger partial charge in [-0.25, -0.2) is 0 Å². The molecule has 0 fully saturated rings. The molecule has 7 heteroatoms. The standard InChI is InChI=1S/C21H25.C15H8F6.C5H5.Hf/c1-20(2,3)16-7-9-18-14(12-16)11-15-13-17(21(4,5)6)8-10-19(15)18;16-14(17,18)12-5-1-3-10(8-12)7-11-4-2-6-13(9-11)15(19,20)21;1-2-4-5-3-1;/h7-13H,1-6H3;1-6,8-9H;1-3H,4H2;. The van der Waals surface area contributed by atoms with E-state index in [0.29, 0.717) is 20.8 Å². The maximum atomic E-state index is 14.2. The van der Waals surface area contributed by atoms with Gasteiger partial charge in [0.25, 0.3) is 0 Å². The molecule has 2 aliphatic rings. The van der Waals surface area contributed by atoms with Crippen molar-refractivity contribution >= 4 is 3.26 Å². The van der Waals surface area contributed by atoms with Gasteiger partial charge in [-0.1, -0.05) is 0 Å². The minimum atomic E-state index is -4.61. The molecular weight excluding hydrogens is 785 g/mol. The molecule has 0 saturated heterocycles. The summed E-state index contributed by atoms with van der Waals surface area (Å²) in [6.45, 7) is 12.9. The van der Waals surface area contributed by atoms with Crippen LogP contribution in [-0.4, -0.2) is 3.26 Å². The van der Waals surface area contributed by atoms with E-state index in [-0.39, 0.29) is 14.5 Å². The van der Waals surface area contributed by atoms with Gasteiger partial charge in [0.2, 0.25) is 0 Å². The van der Waals surface area contributed by atoms with Crippen LogP contribution in [0.15, 0.2) is 106 Å². The van der Waals surface area contributed by atoms with Crippen molar-refractivity contribution in [2.24, 2.45) is 0 Å². The Balaban J connectivity index is 1.78. The number of benzene rings is 4. The molecule has 0 radical (unpaired) electrons. The van der Waals surface area contributed by atoms with Gasteiger partial charge in [-0.15, -0.1) is 0 Å². The molecule has 0 spiro atoms. The Morgan fingerprint density at radius 2 is 1.04 bits per heavy atom. The van der Waals surface area contributed by atoms with Crippen LogP contribution in [0.5, 0.6) is 0 Å². The van der Waals surface area contributed by atoms with Crippen LogP contribution in [0.25, 0.3) is 11.1 Å². The van der Waals surface area contributed by atoms with Crippen molar-refractivity contribution in [3.05, 3.63) is 151 Å². The third-order valence-corrected chi connectivity index (χ3v) is 21.5. The van der Waals surface area contributed by atoms with E-state index in [4.69, 9.17) is 0 Å². The summed E-state index contributed by atoms with van der Waals surface area (Å²) >= 11 is -3.83. The molecule has 4 aromatic carbocycles. The molecule has 0 bridgehead atoms. The van der Waals surface area contributed by atoms with Crippen molar-refractivity contribution in [3.8, 4) is 11.1 Å². The molecule has 0 nitrogen and oxygen atoms in total. The second kappa shape index (κ2) is 12.2. The number of allylic oxidation sites excluding steroid dienone is 4. The molecule has 4 aromatic rings. The van der Waals surface area contributed by atoms with E-state index in [1.54, 1.807) is 12.1 Å². The molecule has 2 aliphatic carbocycles. The zero-order valence-electron chi connectivity index (χ0n) is 27.9. The molecule has 6 rings (SSSR count). The molecule has 0 amide bonds. The quantitative estimate of drug-likeness (QED) is 0.142. The second-order valence-corrected chi connectivity index (χ2v) is 24.0. The molecule has 48 heavy (non-hydrogen) atoms. The number of halogens is 6. The van der Waals surface area contributed by atoms with Crippen LogP contribution in [-0.2, 0) is 44.1 Å². The first-order chi connectivity index (χ1) is 22.3. The van der Waals surface area contributed by atoms with Crippen molar-refractivity contribution in [1.29, 1.82) is 0 Å². The van der Waals surface area contributed by atoms with E-state index in [1.807, 2.05) is 12.2 Å². The molecule has 0 atom stereocenters. The van der Waals surface area contributed by atoms with Gasteiger partial charge < -0.3 is 0 Å². The Labute approximate surface area is 286 Å². The summed E-state index contributed by atoms with van der Waals surface area (Å²) in [4.78, 5) is 0. The van der Waals surface area contributed by atoms with Crippen LogP contribution < -0.4 is 0 Å². The van der Waals surface area contributed by atoms with Crippen LogP contribution in [0, 0.1) is 0 Å². The summed E-state index contributed by atoms with van der Waals surface area (Å²) in [5.41, 5.74) is 5.41. The van der Waals surface area contributed by atoms with E-state index in [2.05, 4.69) is 84.0 Å². The van der Waals surface area contributed by atoms with Crippen LogP contribution in [0.2, 0.25) is 0 Å². The van der Waals surface area contributed by atoms with Gasteiger partial charge in [0.05, 0.1) is 0 Å². The molecule has 0 saturated carbocycles. The van der Waals surface area contributed by atoms with Crippen molar-refractivity contribution in [3.63, 3.8) is 0 Å². The molecule has 0 unspecified atom stereocenters. The van der Waals surface area contributed by atoms with Crippen molar-refractivity contribution in [2.75, 3.05) is 0 Å². The topological polar surface area (TPSA) is 0 Å². The molecule has 0 aromatic heterocycles. The van der Waals surface area contributed by atoms with Crippen LogP contribution in [0.4, 0.5) is 26.3 Å². The predicted molar refractivity (Wildman–Crippen MR) is 179 cm³/mol. The van der Waals surface area contributed by atoms with Crippen LogP contribution in [0.1, 0.15) is 96.1 Å². The first kappa shape index (κ1) is 34.5. The van der Waals surface area contributed by atoms with Crippen LogP contribution in [0.3, 0.4) is 0 Å². The minimum absolute atomic E-state index is 0.158. The Kier molecular flexibility index (Phi) is 8.80. The van der Waals surface area contributed by atoms with E-state index < -0.39 is 44.4 Å². The Morgan fingerprint density at radius 1 is 0.583 bits per heavy atom. The van der Waals surface area contributed by atoms with Gasteiger partial charge in [-0.3, -0.25) is 0 Å². The summed E-state index contributed by atoms with van der Waals surface area (Å²) in [6.07, 6.45) is -2.49.